The molecular weight excluding hydrogens is 190 g/mol. The number of amides is 1. The van der Waals surface area contributed by atoms with E-state index in [0.717, 1.165) is 13.0 Å². The Labute approximate surface area is 92.4 Å². The molecule has 0 bridgehead atoms. The monoisotopic (exact) mass is 213 g/mol. The Kier molecular flexibility index (Phi) is 3.73. The van der Waals surface area contributed by atoms with Crippen LogP contribution in [0.15, 0.2) is 0 Å². The van der Waals surface area contributed by atoms with E-state index < -0.39 is 0 Å². The zero-order chi connectivity index (χ0) is 11.6. The molecule has 1 rings (SSSR count). The lowest BCUT2D eigenvalue weighted by Gasteiger charge is -2.43. The van der Waals surface area contributed by atoms with Crippen LogP contribution in [0.1, 0.15) is 40.5 Å². The predicted octanol–water partition coefficient (Wildman–Crippen LogP) is 0.971. The highest BCUT2D eigenvalue weighted by Gasteiger charge is 2.30. The van der Waals surface area contributed by atoms with Crippen LogP contribution in [0.4, 0.5) is 0 Å². The molecule has 88 valence electrons. The molecule has 0 unspecified atom stereocenters. The largest absolute Gasteiger partial charge is 0.324 e. The second-order valence-electron chi connectivity index (χ2n) is 5.30. The molecule has 4 heteroatoms. The minimum Gasteiger partial charge on any atom is -0.324 e. The van der Waals surface area contributed by atoms with Gasteiger partial charge in [-0.25, -0.2) is 5.01 Å². The molecule has 0 aromatic heterocycles. The summed E-state index contributed by atoms with van der Waals surface area (Å²) in [4.78, 5) is 11.8. The van der Waals surface area contributed by atoms with Crippen molar-refractivity contribution >= 4 is 5.91 Å². The average Bonchev–Trinajstić information content (AvgIpc) is 2.05. The molecule has 1 fully saturated rings. The molecule has 1 heterocycles. The minimum absolute atomic E-state index is 0.202. The van der Waals surface area contributed by atoms with Gasteiger partial charge in [0.1, 0.15) is 0 Å². The third kappa shape index (κ3) is 3.47. The third-order valence-corrected chi connectivity index (χ3v) is 2.53. The number of nitrogens with two attached hydrogens (primary N) is 1. The molecule has 0 aromatic carbocycles. The van der Waals surface area contributed by atoms with Gasteiger partial charge in [0.15, 0.2) is 0 Å². The third-order valence-electron chi connectivity index (χ3n) is 2.53. The van der Waals surface area contributed by atoms with E-state index in [1.54, 1.807) is 0 Å². The van der Waals surface area contributed by atoms with Crippen molar-refractivity contribution in [2.75, 3.05) is 13.1 Å². The molecule has 0 aromatic rings. The van der Waals surface area contributed by atoms with Crippen molar-refractivity contribution in [2.24, 2.45) is 5.73 Å². The van der Waals surface area contributed by atoms with Gasteiger partial charge in [0.05, 0.1) is 6.54 Å². The molecule has 15 heavy (non-hydrogen) atoms. The number of carbonyl (C=O) groups excluding carboxylic acids is 1. The van der Waals surface area contributed by atoms with E-state index >= 15 is 0 Å². The molecule has 1 saturated heterocycles. The smallest absolute Gasteiger partial charge is 0.236 e. The lowest BCUT2D eigenvalue weighted by atomic mass is 10.1. The number of hydrogen-bond donors (Lipinski definition) is 1. The standard InChI is InChI=1S/C11H23N3O/c1-9(2)13-7-5-6-10(15)14(13)8-11(3,4)12/h9H,5-8,12H2,1-4H3. The molecule has 4 nitrogen and oxygen atoms in total. The Hall–Kier alpha value is -0.610. The van der Waals surface area contributed by atoms with Crippen molar-refractivity contribution in [3.63, 3.8) is 0 Å². The summed E-state index contributed by atoms with van der Waals surface area (Å²) in [6.45, 7) is 9.68. The summed E-state index contributed by atoms with van der Waals surface area (Å²) in [6.07, 6.45) is 1.61. The zero-order valence-electron chi connectivity index (χ0n) is 10.3. The van der Waals surface area contributed by atoms with Gasteiger partial charge in [0, 0.05) is 24.5 Å². The second-order valence-corrected chi connectivity index (χ2v) is 5.30. The maximum absolute atomic E-state index is 11.8. The van der Waals surface area contributed by atoms with Gasteiger partial charge < -0.3 is 5.73 Å². The zero-order valence-corrected chi connectivity index (χ0v) is 10.3. The molecule has 0 aliphatic carbocycles. The quantitative estimate of drug-likeness (QED) is 0.760. The average molecular weight is 213 g/mol. The predicted molar refractivity (Wildman–Crippen MR) is 61.1 cm³/mol. The van der Waals surface area contributed by atoms with Crippen LogP contribution in [0.2, 0.25) is 0 Å². The fraction of sp³-hybridized carbons (Fsp3) is 0.909. The molecule has 0 radical (unpaired) electrons. The Balaban J connectivity index is 2.73. The summed E-state index contributed by atoms with van der Waals surface area (Å²) >= 11 is 0. The summed E-state index contributed by atoms with van der Waals surface area (Å²) in [7, 11) is 0. The number of hydrazine groups is 1. The van der Waals surface area contributed by atoms with Gasteiger partial charge in [-0.2, -0.15) is 0 Å². The van der Waals surface area contributed by atoms with Gasteiger partial charge in [0.25, 0.3) is 0 Å². The highest BCUT2D eigenvalue weighted by Crippen LogP contribution is 2.17. The minimum atomic E-state index is -0.333. The lowest BCUT2D eigenvalue weighted by molar-refractivity contribution is -0.161. The summed E-state index contributed by atoms with van der Waals surface area (Å²) in [5, 5.41) is 3.95. The van der Waals surface area contributed by atoms with Crippen LogP contribution in [-0.2, 0) is 4.79 Å². The Morgan fingerprint density at radius 3 is 2.53 bits per heavy atom. The maximum Gasteiger partial charge on any atom is 0.236 e. The number of nitrogens with zero attached hydrogens (tertiary/aromatic N) is 2. The topological polar surface area (TPSA) is 49.6 Å². The van der Waals surface area contributed by atoms with E-state index in [9.17, 15) is 4.79 Å². The fourth-order valence-corrected chi connectivity index (χ4v) is 1.89. The van der Waals surface area contributed by atoms with Crippen molar-refractivity contribution < 1.29 is 4.79 Å². The summed E-state index contributed by atoms with van der Waals surface area (Å²) in [5.41, 5.74) is 5.64. The van der Waals surface area contributed by atoms with Crippen LogP contribution >= 0.6 is 0 Å². The first-order chi connectivity index (χ1) is 6.81. The SMILES string of the molecule is CC(C)N1CCCC(=O)N1CC(C)(C)N. The van der Waals surface area contributed by atoms with Crippen molar-refractivity contribution in [1.82, 2.24) is 10.0 Å². The molecule has 1 aliphatic rings. The molecule has 0 spiro atoms. The van der Waals surface area contributed by atoms with E-state index in [2.05, 4.69) is 18.9 Å². The van der Waals surface area contributed by atoms with E-state index in [0.29, 0.717) is 19.0 Å². The van der Waals surface area contributed by atoms with Crippen LogP contribution in [-0.4, -0.2) is 40.6 Å². The molecular formula is C11H23N3O. The number of rotatable bonds is 3. The molecule has 0 saturated carbocycles. The lowest BCUT2D eigenvalue weighted by Crippen LogP contribution is -2.59. The summed E-state index contributed by atoms with van der Waals surface area (Å²) < 4.78 is 0. The first kappa shape index (κ1) is 12.5. The van der Waals surface area contributed by atoms with Crippen LogP contribution < -0.4 is 5.73 Å². The normalized spacial score (nSPS) is 20.1. The molecule has 1 amide bonds. The van der Waals surface area contributed by atoms with Crippen molar-refractivity contribution in [3.8, 4) is 0 Å². The number of hydrogen-bond acceptors (Lipinski definition) is 3. The molecule has 1 aliphatic heterocycles. The van der Waals surface area contributed by atoms with Crippen molar-refractivity contribution in [3.05, 3.63) is 0 Å². The van der Waals surface area contributed by atoms with Gasteiger partial charge in [0.2, 0.25) is 5.91 Å². The Bertz CT molecular complexity index is 232. The second kappa shape index (κ2) is 4.49. The van der Waals surface area contributed by atoms with Gasteiger partial charge >= 0.3 is 0 Å². The maximum atomic E-state index is 11.8. The highest BCUT2D eigenvalue weighted by molar-refractivity contribution is 5.76. The number of carbonyl (C=O) groups is 1. The first-order valence-corrected chi connectivity index (χ1v) is 5.67. The summed E-state index contributed by atoms with van der Waals surface area (Å²) in [6, 6.07) is 0.358. The van der Waals surface area contributed by atoms with E-state index in [1.807, 2.05) is 18.9 Å². The van der Waals surface area contributed by atoms with Gasteiger partial charge in [-0.1, -0.05) is 0 Å². The van der Waals surface area contributed by atoms with Crippen LogP contribution in [0.25, 0.3) is 0 Å². The van der Waals surface area contributed by atoms with Crippen molar-refractivity contribution in [2.45, 2.75) is 52.1 Å². The fourth-order valence-electron chi connectivity index (χ4n) is 1.89. The molecule has 2 N–H and O–H groups in total. The van der Waals surface area contributed by atoms with Gasteiger partial charge in [-0.3, -0.25) is 9.80 Å². The van der Waals surface area contributed by atoms with Gasteiger partial charge in [-0.15, -0.1) is 0 Å². The van der Waals surface area contributed by atoms with Crippen LogP contribution in [0, 0.1) is 0 Å². The van der Waals surface area contributed by atoms with Crippen molar-refractivity contribution in [1.29, 1.82) is 0 Å². The Morgan fingerprint density at radius 2 is 2.07 bits per heavy atom. The highest BCUT2D eigenvalue weighted by atomic mass is 16.2. The van der Waals surface area contributed by atoms with E-state index in [-0.39, 0.29) is 11.4 Å². The summed E-state index contributed by atoms with van der Waals surface area (Å²) in [5.74, 6) is 0.202. The van der Waals surface area contributed by atoms with E-state index in [4.69, 9.17) is 5.73 Å². The first-order valence-electron chi connectivity index (χ1n) is 5.67. The van der Waals surface area contributed by atoms with Crippen LogP contribution in [0.5, 0.6) is 0 Å². The van der Waals surface area contributed by atoms with Crippen LogP contribution in [0.3, 0.4) is 0 Å². The Morgan fingerprint density at radius 1 is 1.47 bits per heavy atom. The van der Waals surface area contributed by atoms with Gasteiger partial charge in [-0.05, 0) is 34.1 Å². The van der Waals surface area contributed by atoms with E-state index in [1.165, 1.54) is 0 Å². The molecule has 0 atom stereocenters.